The minimum absolute atomic E-state index is 0.0654. The molecule has 1 aliphatic rings. The fourth-order valence-electron chi connectivity index (χ4n) is 3.68. The molecule has 1 aromatic heterocycles. The summed E-state index contributed by atoms with van der Waals surface area (Å²) in [6.07, 6.45) is 1.08. The predicted octanol–water partition coefficient (Wildman–Crippen LogP) is 1.20. The quantitative estimate of drug-likeness (QED) is 0.506. The fourth-order valence-corrected chi connectivity index (χ4v) is 3.68. The molecule has 0 N–H and O–H groups in total. The van der Waals surface area contributed by atoms with Crippen LogP contribution < -0.4 is 10.3 Å². The van der Waals surface area contributed by atoms with Gasteiger partial charge in [-0.1, -0.05) is 18.2 Å². The van der Waals surface area contributed by atoms with Crippen LogP contribution in [0.25, 0.3) is 0 Å². The Labute approximate surface area is 198 Å². The standard InChI is InChI=1S/C24H30N4O6/c1-3-33-24(32)18-11-13-27(14-12-18)22(30)17-26(2)23(31)20-9-10-21(29)28(25-20)15-16-34-19-7-5-4-6-8-19/h4-10,18H,3,11-17H2,1-2H3. The monoisotopic (exact) mass is 470 g/mol. The van der Waals surface area contributed by atoms with Crippen molar-refractivity contribution < 1.29 is 23.9 Å². The molecule has 0 spiro atoms. The number of para-hydroxylation sites is 1. The van der Waals surface area contributed by atoms with Gasteiger partial charge in [-0.05, 0) is 38.0 Å². The Morgan fingerprint density at radius 1 is 1.09 bits per heavy atom. The lowest BCUT2D eigenvalue weighted by Crippen LogP contribution is -2.46. The third kappa shape index (κ3) is 6.66. The van der Waals surface area contributed by atoms with Crippen LogP contribution in [0.4, 0.5) is 0 Å². The van der Waals surface area contributed by atoms with Gasteiger partial charge in [0.15, 0.2) is 0 Å². The highest BCUT2D eigenvalue weighted by Crippen LogP contribution is 2.19. The summed E-state index contributed by atoms with van der Waals surface area (Å²) in [7, 11) is 1.52. The Hall–Kier alpha value is -3.69. The number of aromatic nitrogens is 2. The Morgan fingerprint density at radius 2 is 1.79 bits per heavy atom. The van der Waals surface area contributed by atoms with E-state index in [1.165, 1.54) is 28.8 Å². The predicted molar refractivity (Wildman–Crippen MR) is 123 cm³/mol. The molecule has 0 atom stereocenters. The summed E-state index contributed by atoms with van der Waals surface area (Å²) in [6, 6.07) is 11.8. The minimum atomic E-state index is -0.465. The molecule has 182 valence electrons. The second kappa shape index (κ2) is 12.0. The first kappa shape index (κ1) is 24.9. The molecule has 1 aromatic carbocycles. The average molecular weight is 471 g/mol. The van der Waals surface area contributed by atoms with Crippen LogP contribution in [0.1, 0.15) is 30.3 Å². The molecule has 0 bridgehead atoms. The third-order valence-electron chi connectivity index (χ3n) is 5.59. The number of benzene rings is 1. The zero-order valence-corrected chi connectivity index (χ0v) is 19.5. The Kier molecular flexibility index (Phi) is 8.78. The molecule has 1 saturated heterocycles. The second-order valence-electron chi connectivity index (χ2n) is 8.01. The first-order valence-electron chi connectivity index (χ1n) is 11.3. The number of piperidine rings is 1. The highest BCUT2D eigenvalue weighted by molar-refractivity contribution is 5.94. The van der Waals surface area contributed by atoms with Crippen LogP contribution in [0.3, 0.4) is 0 Å². The molecule has 1 aliphatic heterocycles. The van der Waals surface area contributed by atoms with Gasteiger partial charge in [-0.2, -0.15) is 5.10 Å². The molecule has 0 aliphatic carbocycles. The zero-order valence-electron chi connectivity index (χ0n) is 19.5. The first-order chi connectivity index (χ1) is 16.4. The number of hydrogen-bond acceptors (Lipinski definition) is 7. The SMILES string of the molecule is CCOC(=O)C1CCN(C(=O)CN(C)C(=O)c2ccc(=O)n(CCOc3ccccc3)n2)CC1. The van der Waals surface area contributed by atoms with Crippen molar-refractivity contribution in [3.63, 3.8) is 0 Å². The fraction of sp³-hybridized carbons (Fsp3) is 0.458. The van der Waals surface area contributed by atoms with Gasteiger partial charge in [-0.15, -0.1) is 0 Å². The molecule has 10 nitrogen and oxygen atoms in total. The molecule has 2 aromatic rings. The number of ether oxygens (including phenoxy) is 2. The maximum absolute atomic E-state index is 12.8. The number of likely N-dealkylation sites (tertiary alicyclic amines) is 1. The van der Waals surface area contributed by atoms with Crippen molar-refractivity contribution in [1.29, 1.82) is 0 Å². The van der Waals surface area contributed by atoms with Crippen LogP contribution >= 0.6 is 0 Å². The van der Waals surface area contributed by atoms with Gasteiger partial charge in [0.25, 0.3) is 11.5 Å². The van der Waals surface area contributed by atoms with E-state index in [0.29, 0.717) is 38.3 Å². The van der Waals surface area contributed by atoms with Crippen molar-refractivity contribution in [3.8, 4) is 5.75 Å². The summed E-state index contributed by atoms with van der Waals surface area (Å²) < 4.78 is 11.8. The maximum atomic E-state index is 12.8. The third-order valence-corrected chi connectivity index (χ3v) is 5.59. The second-order valence-corrected chi connectivity index (χ2v) is 8.01. The van der Waals surface area contributed by atoms with Gasteiger partial charge < -0.3 is 19.3 Å². The number of amides is 2. The molecule has 0 radical (unpaired) electrons. The van der Waals surface area contributed by atoms with Gasteiger partial charge >= 0.3 is 5.97 Å². The Morgan fingerprint density at radius 3 is 2.47 bits per heavy atom. The van der Waals surface area contributed by atoms with Crippen molar-refractivity contribution >= 4 is 17.8 Å². The van der Waals surface area contributed by atoms with Crippen LogP contribution in [0.15, 0.2) is 47.3 Å². The highest BCUT2D eigenvalue weighted by Gasteiger charge is 2.29. The molecular weight excluding hydrogens is 440 g/mol. The van der Waals surface area contributed by atoms with Crippen LogP contribution in [0.5, 0.6) is 5.75 Å². The smallest absolute Gasteiger partial charge is 0.309 e. The Balaban J connectivity index is 1.52. The van der Waals surface area contributed by atoms with Gasteiger partial charge in [0.1, 0.15) is 18.1 Å². The van der Waals surface area contributed by atoms with E-state index in [1.54, 1.807) is 24.0 Å². The van der Waals surface area contributed by atoms with Gasteiger partial charge in [0.2, 0.25) is 5.91 Å². The first-order valence-corrected chi connectivity index (χ1v) is 11.3. The number of hydrogen-bond donors (Lipinski definition) is 0. The molecule has 0 unspecified atom stereocenters. The van der Waals surface area contributed by atoms with Crippen molar-refractivity contribution in [3.05, 3.63) is 58.5 Å². The molecule has 34 heavy (non-hydrogen) atoms. The van der Waals surface area contributed by atoms with Gasteiger partial charge in [-0.3, -0.25) is 19.2 Å². The highest BCUT2D eigenvalue weighted by atomic mass is 16.5. The number of rotatable bonds is 9. The number of carbonyl (C=O) groups excluding carboxylic acids is 3. The summed E-state index contributed by atoms with van der Waals surface area (Å²) >= 11 is 0. The molecule has 0 saturated carbocycles. The number of esters is 1. The normalized spacial score (nSPS) is 13.9. The summed E-state index contributed by atoms with van der Waals surface area (Å²) in [5.41, 5.74) is -0.285. The summed E-state index contributed by atoms with van der Waals surface area (Å²) in [5, 5.41) is 4.15. The van der Waals surface area contributed by atoms with Gasteiger partial charge in [0, 0.05) is 26.2 Å². The lowest BCUT2D eigenvalue weighted by atomic mass is 9.97. The maximum Gasteiger partial charge on any atom is 0.309 e. The average Bonchev–Trinajstić information content (AvgIpc) is 2.85. The summed E-state index contributed by atoms with van der Waals surface area (Å²) in [5.74, 6) is -0.417. The van der Waals surface area contributed by atoms with E-state index < -0.39 is 5.91 Å². The molecule has 1 fully saturated rings. The summed E-state index contributed by atoms with van der Waals surface area (Å²) in [4.78, 5) is 52.4. The van der Waals surface area contributed by atoms with E-state index in [1.807, 2.05) is 18.2 Å². The largest absolute Gasteiger partial charge is 0.492 e. The van der Waals surface area contributed by atoms with Crippen LogP contribution in [-0.2, 0) is 20.9 Å². The topological polar surface area (TPSA) is 111 Å². The summed E-state index contributed by atoms with van der Waals surface area (Å²) in [6.45, 7) is 3.25. The molecular formula is C24H30N4O6. The Bertz CT molecular complexity index is 1050. The van der Waals surface area contributed by atoms with E-state index in [4.69, 9.17) is 9.47 Å². The van der Waals surface area contributed by atoms with E-state index in [2.05, 4.69) is 5.10 Å². The van der Waals surface area contributed by atoms with Crippen LogP contribution in [0.2, 0.25) is 0 Å². The zero-order chi connectivity index (χ0) is 24.5. The van der Waals surface area contributed by atoms with Crippen molar-refractivity contribution in [2.75, 3.05) is 39.9 Å². The van der Waals surface area contributed by atoms with Crippen molar-refractivity contribution in [2.45, 2.75) is 26.3 Å². The molecule has 10 heteroatoms. The van der Waals surface area contributed by atoms with E-state index >= 15 is 0 Å². The number of nitrogens with zero attached hydrogens (tertiary/aromatic N) is 4. The van der Waals surface area contributed by atoms with Crippen LogP contribution in [0, 0.1) is 5.92 Å². The molecule has 2 heterocycles. The van der Waals surface area contributed by atoms with Crippen molar-refractivity contribution in [1.82, 2.24) is 19.6 Å². The lowest BCUT2D eigenvalue weighted by molar-refractivity contribution is -0.151. The number of likely N-dealkylation sites (N-methyl/N-ethyl adjacent to an activating group) is 1. The minimum Gasteiger partial charge on any atom is -0.492 e. The van der Waals surface area contributed by atoms with Gasteiger partial charge in [0.05, 0.1) is 25.6 Å². The van der Waals surface area contributed by atoms with E-state index in [0.717, 1.165) is 0 Å². The van der Waals surface area contributed by atoms with E-state index in [9.17, 15) is 19.2 Å². The van der Waals surface area contributed by atoms with E-state index in [-0.39, 0.29) is 48.7 Å². The van der Waals surface area contributed by atoms with Crippen LogP contribution in [-0.4, -0.2) is 77.3 Å². The van der Waals surface area contributed by atoms with Gasteiger partial charge in [-0.25, -0.2) is 4.68 Å². The lowest BCUT2D eigenvalue weighted by Gasteiger charge is -2.32. The van der Waals surface area contributed by atoms with Crippen molar-refractivity contribution in [2.24, 2.45) is 5.92 Å². The number of carbonyl (C=O) groups is 3. The molecule has 2 amide bonds. The molecule has 3 rings (SSSR count).